The average molecular weight is 292 g/mol. The Morgan fingerprint density at radius 1 is 0.810 bits per heavy atom. The largest absolute Gasteiger partial charge is 0.396 e. The minimum Gasteiger partial charge on any atom is -0.396 e. The molecule has 2 heteroatoms. The first kappa shape index (κ1) is 18.2. The summed E-state index contributed by atoms with van der Waals surface area (Å²) >= 11 is 0. The van der Waals surface area contributed by atoms with Crippen LogP contribution in [0.5, 0.6) is 0 Å². The van der Waals surface area contributed by atoms with E-state index in [1.54, 1.807) is 0 Å². The van der Waals surface area contributed by atoms with Crippen LogP contribution in [-0.2, 0) is 13.0 Å². The molecule has 0 aliphatic carbocycles. The number of aryl methyl sites for hydroxylation is 2. The lowest BCUT2D eigenvalue weighted by Crippen LogP contribution is -2.32. The predicted molar refractivity (Wildman–Crippen MR) is 89.3 cm³/mol. The fourth-order valence-corrected chi connectivity index (χ4v) is 2.65. The summed E-state index contributed by atoms with van der Waals surface area (Å²) in [5, 5.41) is 8.70. The van der Waals surface area contributed by atoms with Gasteiger partial charge in [-0.25, -0.2) is 4.57 Å². The van der Waals surface area contributed by atoms with Crippen molar-refractivity contribution in [2.45, 2.75) is 84.1 Å². The van der Waals surface area contributed by atoms with E-state index in [-0.39, 0.29) is 0 Å². The zero-order valence-corrected chi connectivity index (χ0v) is 13.9. The van der Waals surface area contributed by atoms with Crippen LogP contribution in [0.15, 0.2) is 24.5 Å². The number of rotatable bonds is 13. The Labute approximate surface area is 131 Å². The number of aliphatic hydroxyl groups excluding tert-OH is 1. The topological polar surface area (TPSA) is 24.1 Å². The second-order valence-electron chi connectivity index (χ2n) is 6.10. The van der Waals surface area contributed by atoms with Gasteiger partial charge in [-0.15, -0.1) is 0 Å². The standard InChI is InChI=1S/C19H34NO/c1-2-3-12-19-13-16-20(17-14-19)15-10-8-6-4-5-7-9-11-18-21/h13-14,16-17,21H,2-12,15,18H2,1H3/q+1. The number of hydrogen-bond donors (Lipinski definition) is 1. The summed E-state index contributed by atoms with van der Waals surface area (Å²) in [6.07, 6.45) is 18.4. The third-order valence-electron chi connectivity index (χ3n) is 4.10. The Balaban J connectivity index is 1.99. The van der Waals surface area contributed by atoms with Gasteiger partial charge < -0.3 is 5.11 Å². The molecule has 2 nitrogen and oxygen atoms in total. The first-order valence-corrected chi connectivity index (χ1v) is 8.95. The average Bonchev–Trinajstić information content (AvgIpc) is 2.52. The number of unbranched alkanes of at least 4 members (excludes halogenated alkanes) is 8. The quantitative estimate of drug-likeness (QED) is 0.422. The van der Waals surface area contributed by atoms with E-state index in [4.69, 9.17) is 5.11 Å². The van der Waals surface area contributed by atoms with E-state index in [0.29, 0.717) is 6.61 Å². The van der Waals surface area contributed by atoms with Gasteiger partial charge >= 0.3 is 0 Å². The van der Waals surface area contributed by atoms with Crippen molar-refractivity contribution in [1.82, 2.24) is 0 Å². The molecule has 21 heavy (non-hydrogen) atoms. The van der Waals surface area contributed by atoms with Crippen molar-refractivity contribution < 1.29 is 9.67 Å². The Morgan fingerprint density at radius 2 is 1.38 bits per heavy atom. The second kappa shape index (κ2) is 12.8. The lowest BCUT2D eigenvalue weighted by atomic mass is 10.1. The van der Waals surface area contributed by atoms with E-state index in [2.05, 4.69) is 36.0 Å². The molecule has 0 unspecified atom stereocenters. The minimum atomic E-state index is 0.356. The molecule has 0 aliphatic rings. The third-order valence-corrected chi connectivity index (χ3v) is 4.10. The van der Waals surface area contributed by atoms with Crippen LogP contribution in [-0.4, -0.2) is 11.7 Å². The molecular weight excluding hydrogens is 258 g/mol. The van der Waals surface area contributed by atoms with E-state index in [0.717, 1.165) is 13.0 Å². The highest BCUT2D eigenvalue weighted by Gasteiger charge is 2.01. The zero-order valence-electron chi connectivity index (χ0n) is 13.9. The van der Waals surface area contributed by atoms with Crippen molar-refractivity contribution >= 4 is 0 Å². The summed E-state index contributed by atoms with van der Waals surface area (Å²) < 4.78 is 2.32. The van der Waals surface area contributed by atoms with Crippen LogP contribution in [0.3, 0.4) is 0 Å². The van der Waals surface area contributed by atoms with Gasteiger partial charge in [0.15, 0.2) is 12.4 Å². The Bertz CT molecular complexity index is 334. The van der Waals surface area contributed by atoms with E-state index < -0.39 is 0 Å². The van der Waals surface area contributed by atoms with Gasteiger partial charge in [0, 0.05) is 25.2 Å². The van der Waals surface area contributed by atoms with E-state index >= 15 is 0 Å². The highest BCUT2D eigenvalue weighted by Crippen LogP contribution is 2.08. The lowest BCUT2D eigenvalue weighted by Gasteiger charge is -2.02. The summed E-state index contributed by atoms with van der Waals surface area (Å²) in [6.45, 7) is 3.75. The van der Waals surface area contributed by atoms with Crippen LogP contribution in [0.25, 0.3) is 0 Å². The van der Waals surface area contributed by atoms with Gasteiger partial charge in [-0.3, -0.25) is 0 Å². The molecule has 0 fully saturated rings. The maximum Gasteiger partial charge on any atom is 0.169 e. The molecule has 120 valence electrons. The summed E-state index contributed by atoms with van der Waals surface area (Å²) in [7, 11) is 0. The van der Waals surface area contributed by atoms with E-state index in [9.17, 15) is 0 Å². The summed E-state index contributed by atoms with van der Waals surface area (Å²) in [6, 6.07) is 4.55. The summed E-state index contributed by atoms with van der Waals surface area (Å²) in [4.78, 5) is 0. The first-order valence-electron chi connectivity index (χ1n) is 8.95. The van der Waals surface area contributed by atoms with E-state index in [1.165, 1.54) is 69.8 Å². The molecule has 0 atom stereocenters. The van der Waals surface area contributed by atoms with E-state index in [1.807, 2.05) is 0 Å². The highest BCUT2D eigenvalue weighted by atomic mass is 16.2. The minimum absolute atomic E-state index is 0.356. The van der Waals surface area contributed by atoms with Gasteiger partial charge in [-0.1, -0.05) is 45.4 Å². The maximum atomic E-state index is 8.70. The molecular formula is C19H34NO+. The molecule has 1 aromatic heterocycles. The molecule has 0 aromatic carbocycles. The Hall–Kier alpha value is -0.890. The number of nitrogens with zero attached hydrogens (tertiary/aromatic N) is 1. The van der Waals surface area contributed by atoms with Crippen molar-refractivity contribution in [2.24, 2.45) is 0 Å². The van der Waals surface area contributed by atoms with Crippen LogP contribution >= 0.6 is 0 Å². The van der Waals surface area contributed by atoms with Gasteiger partial charge in [-0.05, 0) is 31.2 Å². The predicted octanol–water partition coefficient (Wildman–Crippen LogP) is 4.43. The molecule has 1 heterocycles. The second-order valence-corrected chi connectivity index (χ2v) is 6.10. The Kier molecular flexibility index (Phi) is 11.1. The normalized spacial score (nSPS) is 11.0. The molecule has 0 amide bonds. The molecule has 0 radical (unpaired) electrons. The van der Waals surface area contributed by atoms with Crippen molar-refractivity contribution in [3.8, 4) is 0 Å². The van der Waals surface area contributed by atoms with Crippen LogP contribution in [0, 0.1) is 0 Å². The zero-order chi connectivity index (χ0) is 15.2. The molecule has 0 saturated carbocycles. The number of pyridine rings is 1. The molecule has 1 rings (SSSR count). The number of aliphatic hydroxyl groups is 1. The summed E-state index contributed by atoms with van der Waals surface area (Å²) in [5.41, 5.74) is 1.47. The summed E-state index contributed by atoms with van der Waals surface area (Å²) in [5.74, 6) is 0. The Morgan fingerprint density at radius 3 is 1.95 bits per heavy atom. The van der Waals surface area contributed by atoms with Gasteiger partial charge in [-0.2, -0.15) is 0 Å². The SMILES string of the molecule is CCCCc1cc[n+](CCCCCCCCCCO)cc1. The van der Waals surface area contributed by atoms with Gasteiger partial charge in [0.2, 0.25) is 0 Å². The molecule has 0 spiro atoms. The number of hydrogen-bond acceptors (Lipinski definition) is 1. The maximum absolute atomic E-state index is 8.70. The molecule has 1 N–H and O–H groups in total. The van der Waals surface area contributed by atoms with Crippen molar-refractivity contribution in [1.29, 1.82) is 0 Å². The van der Waals surface area contributed by atoms with Crippen molar-refractivity contribution in [2.75, 3.05) is 6.61 Å². The van der Waals surface area contributed by atoms with Crippen molar-refractivity contribution in [3.63, 3.8) is 0 Å². The van der Waals surface area contributed by atoms with Gasteiger partial charge in [0.1, 0.15) is 6.54 Å². The molecule has 0 saturated heterocycles. The fraction of sp³-hybridized carbons (Fsp3) is 0.737. The number of aromatic nitrogens is 1. The van der Waals surface area contributed by atoms with Gasteiger partial charge in [0.05, 0.1) is 0 Å². The van der Waals surface area contributed by atoms with Crippen LogP contribution < -0.4 is 4.57 Å². The third kappa shape index (κ3) is 9.62. The lowest BCUT2D eigenvalue weighted by molar-refractivity contribution is -0.697. The smallest absolute Gasteiger partial charge is 0.169 e. The monoisotopic (exact) mass is 292 g/mol. The first-order chi connectivity index (χ1) is 10.4. The molecule has 0 aliphatic heterocycles. The van der Waals surface area contributed by atoms with Gasteiger partial charge in [0.25, 0.3) is 0 Å². The van der Waals surface area contributed by atoms with Crippen LogP contribution in [0.1, 0.15) is 76.7 Å². The molecule has 1 aromatic rings. The van der Waals surface area contributed by atoms with Crippen LogP contribution in [0.2, 0.25) is 0 Å². The van der Waals surface area contributed by atoms with Crippen molar-refractivity contribution in [3.05, 3.63) is 30.1 Å². The van der Waals surface area contributed by atoms with Crippen LogP contribution in [0.4, 0.5) is 0 Å². The molecule has 0 bridgehead atoms. The fourth-order valence-electron chi connectivity index (χ4n) is 2.65. The highest BCUT2D eigenvalue weighted by molar-refractivity contribution is 5.06.